The zero-order valence-corrected chi connectivity index (χ0v) is 19.9. The number of hydrogen-bond acceptors (Lipinski definition) is 5. The van der Waals surface area contributed by atoms with Gasteiger partial charge in [-0.2, -0.15) is 0 Å². The third-order valence-corrected chi connectivity index (χ3v) is 4.88. The van der Waals surface area contributed by atoms with Crippen LogP contribution < -0.4 is 16.0 Å². The molecule has 0 radical (unpaired) electrons. The van der Waals surface area contributed by atoms with E-state index in [0.29, 0.717) is 6.54 Å². The van der Waals surface area contributed by atoms with E-state index in [1.165, 1.54) is 0 Å². The van der Waals surface area contributed by atoms with Crippen molar-refractivity contribution in [3.63, 3.8) is 0 Å². The predicted octanol–water partition coefficient (Wildman–Crippen LogP) is 3.06. The Kier molecular flexibility index (Phi) is 9.95. The molecule has 0 spiro atoms. The summed E-state index contributed by atoms with van der Waals surface area (Å²) in [4.78, 5) is 24.7. The number of halogens is 2. The molecule has 0 saturated carbocycles. The Morgan fingerprint density at radius 3 is 2.24 bits per heavy atom. The lowest BCUT2D eigenvalue weighted by molar-refractivity contribution is -0.123. The van der Waals surface area contributed by atoms with Crippen molar-refractivity contribution in [2.75, 3.05) is 6.54 Å². The van der Waals surface area contributed by atoms with E-state index in [1.807, 2.05) is 30.3 Å². The van der Waals surface area contributed by atoms with Crippen LogP contribution in [0.1, 0.15) is 38.8 Å². The third-order valence-electron chi connectivity index (χ3n) is 4.88. The average Bonchev–Trinajstić information content (AvgIpc) is 2.73. The van der Waals surface area contributed by atoms with E-state index < -0.39 is 41.5 Å². The van der Waals surface area contributed by atoms with Crippen molar-refractivity contribution in [1.29, 1.82) is 0 Å². The van der Waals surface area contributed by atoms with Crippen molar-refractivity contribution >= 4 is 12.0 Å². The normalized spacial score (nSPS) is 14.1. The van der Waals surface area contributed by atoms with Crippen molar-refractivity contribution in [3.05, 3.63) is 71.3 Å². The summed E-state index contributed by atoms with van der Waals surface area (Å²) >= 11 is 0. The van der Waals surface area contributed by atoms with Gasteiger partial charge in [0.15, 0.2) is 0 Å². The maximum atomic E-state index is 13.6. The molecule has 0 saturated heterocycles. The number of nitrogens with one attached hydrogen (secondary N) is 3. The minimum atomic E-state index is -1.18. The molecule has 0 aromatic heterocycles. The molecule has 186 valence electrons. The minimum absolute atomic E-state index is 0.0502. The van der Waals surface area contributed by atoms with Gasteiger partial charge in [0.2, 0.25) is 5.91 Å². The first-order chi connectivity index (χ1) is 15.9. The van der Waals surface area contributed by atoms with Gasteiger partial charge >= 0.3 is 6.09 Å². The highest BCUT2D eigenvalue weighted by Gasteiger charge is 2.26. The molecule has 0 unspecified atom stereocenters. The Morgan fingerprint density at radius 1 is 1.03 bits per heavy atom. The fourth-order valence-corrected chi connectivity index (χ4v) is 3.20. The molecule has 3 atom stereocenters. The second kappa shape index (κ2) is 12.4. The van der Waals surface area contributed by atoms with Crippen LogP contribution in [0.25, 0.3) is 0 Å². The van der Waals surface area contributed by atoms with Gasteiger partial charge in [-0.3, -0.25) is 4.79 Å². The van der Waals surface area contributed by atoms with E-state index >= 15 is 0 Å². The van der Waals surface area contributed by atoms with E-state index in [4.69, 9.17) is 4.74 Å². The number of alkyl carbamates (subject to hydrolysis) is 1. The molecular formula is C25H33F2N3O4. The maximum Gasteiger partial charge on any atom is 0.407 e. The number of benzene rings is 2. The summed E-state index contributed by atoms with van der Waals surface area (Å²) in [6.45, 7) is 7.03. The zero-order chi connectivity index (χ0) is 25.3. The van der Waals surface area contributed by atoms with Crippen LogP contribution in [0.15, 0.2) is 48.5 Å². The molecule has 2 aromatic rings. The molecule has 0 aliphatic heterocycles. The van der Waals surface area contributed by atoms with Gasteiger partial charge in [-0.15, -0.1) is 0 Å². The Morgan fingerprint density at radius 2 is 1.65 bits per heavy atom. The van der Waals surface area contributed by atoms with E-state index in [-0.39, 0.29) is 24.4 Å². The molecule has 0 fully saturated rings. The molecule has 2 aromatic carbocycles. The summed E-state index contributed by atoms with van der Waals surface area (Å²) in [6, 6.07) is 10.9. The highest BCUT2D eigenvalue weighted by atomic mass is 19.1. The van der Waals surface area contributed by atoms with Gasteiger partial charge in [-0.1, -0.05) is 30.3 Å². The summed E-state index contributed by atoms with van der Waals surface area (Å²) in [6.07, 6.45) is -2.00. The van der Waals surface area contributed by atoms with Crippen LogP contribution in [-0.4, -0.2) is 47.4 Å². The largest absolute Gasteiger partial charge is 0.444 e. The lowest BCUT2D eigenvalue weighted by Crippen LogP contribution is -2.52. The summed E-state index contributed by atoms with van der Waals surface area (Å²) in [5, 5.41) is 19.0. The average molecular weight is 478 g/mol. The number of ether oxygens (including phenoxy) is 1. The molecule has 9 heteroatoms. The molecule has 0 heterocycles. The second-order valence-electron chi connectivity index (χ2n) is 9.14. The van der Waals surface area contributed by atoms with E-state index in [9.17, 15) is 23.5 Å². The van der Waals surface area contributed by atoms with Crippen LogP contribution in [0.4, 0.5) is 13.6 Å². The van der Waals surface area contributed by atoms with Crippen molar-refractivity contribution in [2.24, 2.45) is 0 Å². The Bertz CT molecular complexity index is 931. The van der Waals surface area contributed by atoms with Crippen molar-refractivity contribution < 1.29 is 28.2 Å². The number of aliphatic hydroxyl groups is 1. The second-order valence-corrected chi connectivity index (χ2v) is 9.14. The van der Waals surface area contributed by atoms with Gasteiger partial charge < -0.3 is 25.8 Å². The number of amides is 2. The lowest BCUT2D eigenvalue weighted by Gasteiger charge is -2.28. The molecular weight excluding hydrogens is 444 g/mol. The monoisotopic (exact) mass is 477 g/mol. The van der Waals surface area contributed by atoms with E-state index in [2.05, 4.69) is 16.0 Å². The van der Waals surface area contributed by atoms with E-state index in [0.717, 1.165) is 23.8 Å². The number of rotatable bonds is 10. The molecule has 7 nitrogen and oxygen atoms in total. The van der Waals surface area contributed by atoms with Gasteiger partial charge in [0.25, 0.3) is 0 Å². The first-order valence-electron chi connectivity index (χ1n) is 11.1. The maximum absolute atomic E-state index is 13.6. The molecule has 2 amide bonds. The lowest BCUT2D eigenvalue weighted by atomic mass is 10.0. The van der Waals surface area contributed by atoms with Gasteiger partial charge in [0.05, 0.1) is 18.2 Å². The highest BCUT2D eigenvalue weighted by Crippen LogP contribution is 2.13. The van der Waals surface area contributed by atoms with Crippen molar-refractivity contribution in [2.45, 2.75) is 64.4 Å². The molecule has 0 aliphatic rings. The predicted molar refractivity (Wildman–Crippen MR) is 125 cm³/mol. The van der Waals surface area contributed by atoms with Crippen LogP contribution in [0, 0.1) is 11.6 Å². The van der Waals surface area contributed by atoms with Gasteiger partial charge in [-0.25, -0.2) is 13.6 Å². The van der Waals surface area contributed by atoms with Crippen LogP contribution in [0.2, 0.25) is 0 Å². The quantitative estimate of drug-likeness (QED) is 0.422. The Hall–Kier alpha value is -3.04. The van der Waals surface area contributed by atoms with Crippen LogP contribution >= 0.6 is 0 Å². The highest BCUT2D eigenvalue weighted by molar-refractivity contribution is 5.81. The fourth-order valence-electron chi connectivity index (χ4n) is 3.20. The number of hydrogen-bond donors (Lipinski definition) is 4. The first-order valence-corrected chi connectivity index (χ1v) is 11.1. The van der Waals surface area contributed by atoms with Gasteiger partial charge in [0, 0.05) is 19.2 Å². The molecule has 0 bridgehead atoms. The number of carbonyl (C=O) groups excluding carboxylic acids is 2. The topological polar surface area (TPSA) is 99.7 Å². The Labute approximate surface area is 198 Å². The van der Waals surface area contributed by atoms with Gasteiger partial charge in [-0.05, 0) is 57.4 Å². The van der Waals surface area contributed by atoms with Crippen molar-refractivity contribution in [3.8, 4) is 0 Å². The smallest absolute Gasteiger partial charge is 0.407 e. The summed E-state index contributed by atoms with van der Waals surface area (Å²) < 4.78 is 32.5. The molecule has 2 rings (SSSR count). The van der Waals surface area contributed by atoms with Crippen molar-refractivity contribution in [1.82, 2.24) is 16.0 Å². The van der Waals surface area contributed by atoms with Crippen LogP contribution in [0.5, 0.6) is 0 Å². The summed E-state index contributed by atoms with van der Waals surface area (Å²) in [5.74, 6) is -1.79. The first kappa shape index (κ1) is 27.2. The molecule has 34 heavy (non-hydrogen) atoms. The SMILES string of the molecule is C[C@H](NC[C@@H](O)[C@H](Cc1cc(F)cc(F)c1)NC(=O)OC(C)(C)C)C(=O)NCc1ccccc1. The zero-order valence-electron chi connectivity index (χ0n) is 19.9. The summed E-state index contributed by atoms with van der Waals surface area (Å²) in [7, 11) is 0. The van der Waals surface area contributed by atoms with Crippen LogP contribution in [-0.2, 0) is 22.5 Å². The van der Waals surface area contributed by atoms with Gasteiger partial charge in [0.1, 0.15) is 17.2 Å². The molecule has 4 N–H and O–H groups in total. The summed E-state index contributed by atoms with van der Waals surface area (Å²) in [5.41, 5.74) is 0.437. The Balaban J connectivity index is 1.99. The molecule has 0 aliphatic carbocycles. The fraction of sp³-hybridized carbons (Fsp3) is 0.440. The standard InChI is InChI=1S/C25H33F2N3O4/c1-16(23(32)29-14-17-8-6-5-7-9-17)28-15-22(31)21(30-24(33)34-25(2,3)4)12-18-10-19(26)13-20(27)11-18/h5-11,13,16,21-22,28,31H,12,14-15H2,1-4H3,(H,29,32)(H,30,33)/t16-,21-,22+/m0/s1. The number of aliphatic hydroxyl groups excluding tert-OH is 1. The minimum Gasteiger partial charge on any atom is -0.444 e. The third kappa shape index (κ3) is 9.84. The van der Waals surface area contributed by atoms with E-state index in [1.54, 1.807) is 27.7 Å². The van der Waals surface area contributed by atoms with Crippen LogP contribution in [0.3, 0.4) is 0 Å². The number of carbonyl (C=O) groups is 2.